The first-order valence-corrected chi connectivity index (χ1v) is 7.66. The fourth-order valence-electron chi connectivity index (χ4n) is 1.58. The lowest BCUT2D eigenvalue weighted by Crippen LogP contribution is -1.94. The minimum Gasteiger partial charge on any atom is -0.372 e. The lowest BCUT2D eigenvalue weighted by atomic mass is 10.2. The third-order valence-corrected chi connectivity index (χ3v) is 3.73. The van der Waals surface area contributed by atoms with Crippen LogP contribution < -0.4 is 0 Å². The van der Waals surface area contributed by atoms with E-state index in [1.807, 2.05) is 18.2 Å². The maximum atomic E-state index is 5.69. The highest BCUT2D eigenvalue weighted by Gasteiger charge is 1.97. The van der Waals surface area contributed by atoms with E-state index in [2.05, 4.69) is 52.5 Å². The maximum absolute atomic E-state index is 5.69. The first-order valence-electron chi connectivity index (χ1n) is 5.65. The number of rotatable bonds is 5. The molecule has 0 unspecified atom stereocenters. The van der Waals surface area contributed by atoms with E-state index >= 15 is 0 Å². The van der Waals surface area contributed by atoms with Crippen LogP contribution in [-0.4, -0.2) is 6.26 Å². The Balaban J connectivity index is 1.84. The quantitative estimate of drug-likeness (QED) is 0.739. The zero-order chi connectivity index (χ0) is 12.8. The van der Waals surface area contributed by atoms with E-state index in [0.717, 1.165) is 10.0 Å². The zero-order valence-electron chi connectivity index (χ0n) is 10.2. The molecule has 0 bridgehead atoms. The third-order valence-electron chi connectivity index (χ3n) is 2.53. The van der Waals surface area contributed by atoms with Crippen molar-refractivity contribution in [3.63, 3.8) is 0 Å². The van der Waals surface area contributed by atoms with Gasteiger partial charge in [0.2, 0.25) is 0 Å². The van der Waals surface area contributed by atoms with E-state index in [4.69, 9.17) is 4.74 Å². The van der Waals surface area contributed by atoms with Crippen LogP contribution in [0.25, 0.3) is 0 Å². The summed E-state index contributed by atoms with van der Waals surface area (Å²) in [5.41, 5.74) is 2.36. The molecule has 0 aromatic heterocycles. The van der Waals surface area contributed by atoms with Gasteiger partial charge < -0.3 is 4.74 Å². The van der Waals surface area contributed by atoms with Crippen LogP contribution in [0.15, 0.2) is 51.8 Å². The van der Waals surface area contributed by atoms with Gasteiger partial charge in [-0.1, -0.05) is 40.2 Å². The average Bonchev–Trinajstić information content (AvgIpc) is 2.40. The van der Waals surface area contributed by atoms with Gasteiger partial charge in [-0.05, 0) is 41.6 Å². The highest BCUT2D eigenvalue weighted by molar-refractivity contribution is 9.10. The van der Waals surface area contributed by atoms with Crippen LogP contribution in [0.5, 0.6) is 0 Å². The van der Waals surface area contributed by atoms with Crippen molar-refractivity contribution in [3.8, 4) is 0 Å². The number of hydrogen-bond donors (Lipinski definition) is 0. The molecule has 0 aliphatic heterocycles. The highest BCUT2D eigenvalue weighted by Crippen LogP contribution is 2.16. The van der Waals surface area contributed by atoms with Gasteiger partial charge in [-0.2, -0.15) is 0 Å². The molecule has 0 saturated carbocycles. The predicted molar refractivity (Wildman–Crippen MR) is 79.7 cm³/mol. The molecule has 0 aliphatic carbocycles. The Kier molecular flexibility index (Phi) is 5.29. The molecule has 0 saturated heterocycles. The largest absolute Gasteiger partial charge is 0.372 e. The maximum Gasteiger partial charge on any atom is 0.0721 e. The second kappa shape index (κ2) is 6.98. The molecule has 0 spiro atoms. The van der Waals surface area contributed by atoms with Gasteiger partial charge in [0.15, 0.2) is 0 Å². The molecule has 93 valence electrons. The summed E-state index contributed by atoms with van der Waals surface area (Å²) in [6.07, 6.45) is 2.08. The van der Waals surface area contributed by atoms with Crippen molar-refractivity contribution in [2.24, 2.45) is 0 Å². The summed E-state index contributed by atoms with van der Waals surface area (Å²) in [5, 5.41) is 0. The second-order valence-corrected chi connectivity index (χ2v) is 5.62. The molecule has 18 heavy (non-hydrogen) atoms. The summed E-state index contributed by atoms with van der Waals surface area (Å²) >= 11 is 5.15. The zero-order valence-corrected chi connectivity index (χ0v) is 12.6. The van der Waals surface area contributed by atoms with Crippen LogP contribution in [0, 0.1) is 6.07 Å². The monoisotopic (exact) mass is 321 g/mol. The van der Waals surface area contributed by atoms with E-state index in [9.17, 15) is 0 Å². The minimum absolute atomic E-state index is 0.623. The van der Waals surface area contributed by atoms with Crippen molar-refractivity contribution < 1.29 is 4.74 Å². The predicted octanol–water partition coefficient (Wildman–Crippen LogP) is 4.69. The van der Waals surface area contributed by atoms with Gasteiger partial charge in [0.25, 0.3) is 0 Å². The molecule has 0 atom stereocenters. The molecule has 1 radical (unpaired) electrons. The van der Waals surface area contributed by atoms with E-state index in [-0.39, 0.29) is 0 Å². The third kappa shape index (κ3) is 4.16. The first-order chi connectivity index (χ1) is 8.78. The van der Waals surface area contributed by atoms with Crippen LogP contribution in [-0.2, 0) is 18.0 Å². The Morgan fingerprint density at radius 1 is 1.11 bits per heavy atom. The Morgan fingerprint density at radius 2 is 1.83 bits per heavy atom. The van der Waals surface area contributed by atoms with Gasteiger partial charge in [-0.15, -0.1) is 11.8 Å². The normalized spacial score (nSPS) is 10.6. The van der Waals surface area contributed by atoms with Gasteiger partial charge in [-0.3, -0.25) is 0 Å². The van der Waals surface area contributed by atoms with E-state index < -0.39 is 0 Å². The molecule has 0 aliphatic rings. The average molecular weight is 322 g/mol. The number of thioether (sulfide) groups is 1. The van der Waals surface area contributed by atoms with Gasteiger partial charge in [-0.25, -0.2) is 0 Å². The Bertz CT molecular complexity index is 496. The summed E-state index contributed by atoms with van der Waals surface area (Å²) in [6.45, 7) is 1.27. The molecule has 1 nitrogen and oxygen atoms in total. The Hall–Kier alpha value is -0.770. The lowest BCUT2D eigenvalue weighted by Gasteiger charge is -2.05. The standard InChI is InChI=1S/C15H14BrOS/c1-18-15-7-5-12(6-8-15)10-17-11-13-3-2-4-14(16)9-13/h2-3,5-9H,10-11H2,1H3. The molecule has 2 aromatic rings. The summed E-state index contributed by atoms with van der Waals surface area (Å²) in [5.74, 6) is 0. The van der Waals surface area contributed by atoms with Crippen LogP contribution in [0.1, 0.15) is 11.1 Å². The SMILES string of the molecule is CSc1ccc(COCc2cc[c]c(Br)c2)cc1. The minimum atomic E-state index is 0.623. The summed E-state index contributed by atoms with van der Waals surface area (Å²) < 4.78 is 6.66. The molecule has 0 N–H and O–H groups in total. The van der Waals surface area contributed by atoms with Gasteiger partial charge in [0.05, 0.1) is 13.2 Å². The molecule has 2 aromatic carbocycles. The molecular formula is C15H14BrOS. The number of halogens is 1. The van der Waals surface area contributed by atoms with Crippen LogP contribution in [0.4, 0.5) is 0 Å². The van der Waals surface area contributed by atoms with Crippen molar-refractivity contribution in [3.05, 3.63) is 64.1 Å². The van der Waals surface area contributed by atoms with E-state index in [1.165, 1.54) is 10.5 Å². The molecule has 0 fully saturated rings. The molecule has 3 heteroatoms. The summed E-state index contributed by atoms with van der Waals surface area (Å²) in [6, 6.07) is 17.5. The summed E-state index contributed by atoms with van der Waals surface area (Å²) in [7, 11) is 0. The molecular weight excluding hydrogens is 308 g/mol. The fourth-order valence-corrected chi connectivity index (χ4v) is 2.41. The highest BCUT2D eigenvalue weighted by atomic mass is 79.9. The van der Waals surface area contributed by atoms with Gasteiger partial charge in [0.1, 0.15) is 0 Å². The topological polar surface area (TPSA) is 9.23 Å². The van der Waals surface area contributed by atoms with E-state index in [0.29, 0.717) is 13.2 Å². The Morgan fingerprint density at radius 3 is 2.50 bits per heavy atom. The van der Waals surface area contributed by atoms with Crippen LogP contribution >= 0.6 is 27.7 Å². The van der Waals surface area contributed by atoms with Crippen LogP contribution in [0.3, 0.4) is 0 Å². The molecule has 0 amide bonds. The van der Waals surface area contributed by atoms with Gasteiger partial charge >= 0.3 is 0 Å². The lowest BCUT2D eigenvalue weighted by molar-refractivity contribution is 0.107. The fraction of sp³-hybridized carbons (Fsp3) is 0.200. The van der Waals surface area contributed by atoms with Gasteiger partial charge in [0, 0.05) is 9.37 Å². The summed E-state index contributed by atoms with van der Waals surface area (Å²) in [4.78, 5) is 1.28. The van der Waals surface area contributed by atoms with E-state index in [1.54, 1.807) is 11.8 Å². The van der Waals surface area contributed by atoms with Crippen LogP contribution in [0.2, 0.25) is 0 Å². The number of benzene rings is 2. The number of ether oxygens (including phenoxy) is 1. The second-order valence-electron chi connectivity index (χ2n) is 3.89. The molecule has 0 heterocycles. The van der Waals surface area contributed by atoms with Crippen molar-refractivity contribution in [2.45, 2.75) is 18.1 Å². The van der Waals surface area contributed by atoms with Crippen molar-refractivity contribution in [1.29, 1.82) is 0 Å². The Labute approximate surface area is 121 Å². The molecule has 2 rings (SSSR count). The smallest absolute Gasteiger partial charge is 0.0721 e. The van der Waals surface area contributed by atoms with Crippen molar-refractivity contribution in [2.75, 3.05) is 6.26 Å². The van der Waals surface area contributed by atoms with Crippen molar-refractivity contribution >= 4 is 27.7 Å². The van der Waals surface area contributed by atoms with Crippen molar-refractivity contribution in [1.82, 2.24) is 0 Å². The first kappa shape index (κ1) is 13.7. The number of hydrogen-bond acceptors (Lipinski definition) is 2.